The van der Waals surface area contributed by atoms with E-state index in [4.69, 9.17) is 4.74 Å². The van der Waals surface area contributed by atoms with E-state index in [9.17, 15) is 14.0 Å². The van der Waals surface area contributed by atoms with Crippen molar-refractivity contribution >= 4 is 23.0 Å². The van der Waals surface area contributed by atoms with Gasteiger partial charge >= 0.3 is 0 Å². The zero-order valence-electron chi connectivity index (χ0n) is 16.1. The van der Waals surface area contributed by atoms with Gasteiger partial charge in [0.15, 0.2) is 5.65 Å². The van der Waals surface area contributed by atoms with Crippen molar-refractivity contribution in [1.82, 2.24) is 25.2 Å². The molecule has 2 atom stereocenters. The molecule has 0 aromatic carbocycles. The van der Waals surface area contributed by atoms with Gasteiger partial charge in [-0.3, -0.25) is 9.59 Å². The molecule has 0 bridgehead atoms. The average molecular weight is 401 g/mol. The summed E-state index contributed by atoms with van der Waals surface area (Å²) in [5.74, 6) is -0.122. The Morgan fingerprint density at radius 2 is 2.10 bits per heavy atom. The van der Waals surface area contributed by atoms with Crippen molar-refractivity contribution in [1.29, 1.82) is 0 Å². The minimum atomic E-state index is -1.01. The summed E-state index contributed by atoms with van der Waals surface area (Å²) in [6, 6.07) is -0.455. The van der Waals surface area contributed by atoms with Crippen LogP contribution in [-0.4, -0.2) is 63.1 Å². The zero-order chi connectivity index (χ0) is 20.4. The van der Waals surface area contributed by atoms with Crippen molar-refractivity contribution in [2.45, 2.75) is 50.4 Å². The second-order valence-corrected chi connectivity index (χ2v) is 7.48. The molecule has 0 spiro atoms. The monoisotopic (exact) mass is 401 g/mol. The van der Waals surface area contributed by atoms with Gasteiger partial charge in [-0.05, 0) is 25.3 Å². The first kappa shape index (κ1) is 19.4. The Kier molecular flexibility index (Phi) is 5.46. The fraction of sp³-hybridized carbons (Fsp3) is 0.500. The second-order valence-electron chi connectivity index (χ2n) is 7.48. The van der Waals surface area contributed by atoms with Gasteiger partial charge in [0.25, 0.3) is 5.91 Å². The predicted molar refractivity (Wildman–Crippen MR) is 104 cm³/mol. The molecule has 2 aromatic heterocycles. The molecule has 154 valence electrons. The lowest BCUT2D eigenvalue weighted by molar-refractivity contribution is -0.127. The highest BCUT2D eigenvalue weighted by atomic mass is 19.1. The summed E-state index contributed by atoms with van der Waals surface area (Å²) in [5.41, 5.74) is 1.19. The van der Waals surface area contributed by atoms with Crippen LogP contribution >= 0.6 is 0 Å². The number of hydrogen-bond donors (Lipinski definition) is 2. The standard InChI is InChI=1S/C20H24FN5O3/c1-2-17(27)26-8-6-12(7-9-26)29-16-11-23-19-18(25-16)13(10-22-19)20(28)24-15-5-3-4-14(15)21/h2,10-12,14-15H,1,3-9H2,(H,22,23)(H,24,28)/t14-,15?/m1/s1. The van der Waals surface area contributed by atoms with Crippen molar-refractivity contribution in [3.63, 3.8) is 0 Å². The fourth-order valence-corrected chi connectivity index (χ4v) is 3.92. The predicted octanol–water partition coefficient (Wildman–Crippen LogP) is 2.13. The maximum absolute atomic E-state index is 13.8. The number of amides is 2. The molecule has 2 aromatic rings. The number of nitrogens with one attached hydrogen (secondary N) is 2. The van der Waals surface area contributed by atoms with Crippen LogP contribution < -0.4 is 10.1 Å². The summed E-state index contributed by atoms with van der Waals surface area (Å²) in [5, 5.41) is 2.76. The Labute approximate surface area is 167 Å². The maximum atomic E-state index is 13.8. The highest BCUT2D eigenvalue weighted by Crippen LogP contribution is 2.24. The third kappa shape index (κ3) is 4.08. The van der Waals surface area contributed by atoms with Crippen molar-refractivity contribution in [2.24, 2.45) is 0 Å². The first-order chi connectivity index (χ1) is 14.0. The van der Waals surface area contributed by atoms with E-state index in [-0.39, 0.29) is 17.9 Å². The number of aromatic amines is 1. The first-order valence-electron chi connectivity index (χ1n) is 9.92. The highest BCUT2D eigenvalue weighted by molar-refractivity contribution is 6.04. The quantitative estimate of drug-likeness (QED) is 0.748. The molecule has 2 fully saturated rings. The van der Waals surface area contributed by atoms with Crippen LogP contribution in [0.3, 0.4) is 0 Å². The summed E-state index contributed by atoms with van der Waals surface area (Å²) in [7, 11) is 0. The summed E-state index contributed by atoms with van der Waals surface area (Å²) in [6.45, 7) is 4.69. The highest BCUT2D eigenvalue weighted by Gasteiger charge is 2.29. The topological polar surface area (TPSA) is 100 Å². The molecular weight excluding hydrogens is 377 g/mol. The maximum Gasteiger partial charge on any atom is 0.255 e. The number of piperidine rings is 1. The van der Waals surface area contributed by atoms with E-state index in [0.29, 0.717) is 61.4 Å². The molecule has 1 saturated carbocycles. The SMILES string of the molecule is C=CC(=O)N1CCC(Oc2cnc3[nH]cc(C(=O)NC4CCC[C@H]4F)c3n2)CC1. The molecule has 1 saturated heterocycles. The zero-order valence-corrected chi connectivity index (χ0v) is 16.1. The Bertz CT molecular complexity index is 922. The lowest BCUT2D eigenvalue weighted by Crippen LogP contribution is -2.41. The fourth-order valence-electron chi connectivity index (χ4n) is 3.92. The number of aromatic nitrogens is 3. The molecular formula is C20H24FN5O3. The Balaban J connectivity index is 1.44. The smallest absolute Gasteiger partial charge is 0.255 e. The van der Waals surface area contributed by atoms with E-state index < -0.39 is 12.2 Å². The van der Waals surface area contributed by atoms with Gasteiger partial charge in [-0.25, -0.2) is 14.4 Å². The van der Waals surface area contributed by atoms with Gasteiger partial charge in [-0.1, -0.05) is 6.58 Å². The first-order valence-corrected chi connectivity index (χ1v) is 9.92. The third-order valence-corrected chi connectivity index (χ3v) is 5.57. The lowest BCUT2D eigenvalue weighted by atomic mass is 10.1. The van der Waals surface area contributed by atoms with E-state index >= 15 is 0 Å². The molecule has 2 N–H and O–H groups in total. The number of carbonyl (C=O) groups excluding carboxylic acids is 2. The number of rotatable bonds is 5. The summed E-state index contributed by atoms with van der Waals surface area (Å²) in [4.78, 5) is 37.7. The molecule has 3 heterocycles. The number of nitrogens with zero attached hydrogens (tertiary/aromatic N) is 3. The molecule has 1 aliphatic carbocycles. The lowest BCUT2D eigenvalue weighted by Gasteiger charge is -2.31. The third-order valence-electron chi connectivity index (χ3n) is 5.57. The van der Waals surface area contributed by atoms with Gasteiger partial charge in [-0.15, -0.1) is 0 Å². The summed E-state index contributed by atoms with van der Waals surface area (Å²) >= 11 is 0. The minimum Gasteiger partial charge on any atom is -0.473 e. The molecule has 1 unspecified atom stereocenters. The van der Waals surface area contributed by atoms with Crippen LogP contribution in [0.2, 0.25) is 0 Å². The van der Waals surface area contributed by atoms with Gasteiger partial charge in [0.05, 0.1) is 17.8 Å². The van der Waals surface area contributed by atoms with E-state index in [2.05, 4.69) is 26.8 Å². The number of carbonyl (C=O) groups is 2. The number of fused-ring (bicyclic) bond motifs is 1. The summed E-state index contributed by atoms with van der Waals surface area (Å²) in [6.07, 6.45) is 6.52. The summed E-state index contributed by atoms with van der Waals surface area (Å²) < 4.78 is 19.8. The van der Waals surface area contributed by atoms with Crippen LogP contribution in [0.25, 0.3) is 11.2 Å². The van der Waals surface area contributed by atoms with E-state index in [1.165, 1.54) is 18.5 Å². The van der Waals surface area contributed by atoms with E-state index in [0.717, 1.165) is 6.42 Å². The molecule has 8 nitrogen and oxygen atoms in total. The van der Waals surface area contributed by atoms with Gasteiger partial charge < -0.3 is 19.9 Å². The van der Waals surface area contributed by atoms with Crippen molar-refractivity contribution < 1.29 is 18.7 Å². The Hall–Kier alpha value is -2.97. The second kappa shape index (κ2) is 8.18. The molecule has 2 aliphatic rings. The number of hydrogen-bond acceptors (Lipinski definition) is 5. The van der Waals surface area contributed by atoms with Gasteiger partial charge in [0.1, 0.15) is 17.8 Å². The molecule has 29 heavy (non-hydrogen) atoms. The number of H-pyrrole nitrogens is 1. The molecule has 2 amide bonds. The van der Waals surface area contributed by atoms with Crippen LogP contribution in [0.5, 0.6) is 5.88 Å². The van der Waals surface area contributed by atoms with Crippen LogP contribution in [-0.2, 0) is 4.79 Å². The molecule has 0 radical (unpaired) electrons. The minimum absolute atomic E-state index is 0.0783. The van der Waals surface area contributed by atoms with Crippen molar-refractivity contribution in [3.05, 3.63) is 30.6 Å². The number of ether oxygens (including phenoxy) is 1. The van der Waals surface area contributed by atoms with Gasteiger partial charge in [0.2, 0.25) is 11.8 Å². The van der Waals surface area contributed by atoms with Crippen LogP contribution in [0.1, 0.15) is 42.5 Å². The van der Waals surface area contributed by atoms with Crippen LogP contribution in [0.15, 0.2) is 25.0 Å². The molecule has 9 heteroatoms. The molecule has 1 aliphatic heterocycles. The largest absolute Gasteiger partial charge is 0.473 e. The normalized spacial score (nSPS) is 22.6. The Morgan fingerprint density at radius 3 is 2.79 bits per heavy atom. The van der Waals surface area contributed by atoms with Gasteiger partial charge in [-0.2, -0.15) is 0 Å². The average Bonchev–Trinajstić information content (AvgIpc) is 3.34. The number of alkyl halides is 1. The number of likely N-dealkylation sites (tertiary alicyclic amines) is 1. The van der Waals surface area contributed by atoms with Crippen molar-refractivity contribution in [2.75, 3.05) is 13.1 Å². The Morgan fingerprint density at radius 1 is 1.31 bits per heavy atom. The van der Waals surface area contributed by atoms with Crippen molar-refractivity contribution in [3.8, 4) is 5.88 Å². The molecule has 4 rings (SSSR count). The van der Waals surface area contributed by atoms with Crippen LogP contribution in [0, 0.1) is 0 Å². The van der Waals surface area contributed by atoms with Crippen LogP contribution in [0.4, 0.5) is 4.39 Å². The number of halogens is 1. The van der Waals surface area contributed by atoms with E-state index in [1.54, 1.807) is 4.90 Å². The van der Waals surface area contributed by atoms with Gasteiger partial charge in [0, 0.05) is 32.1 Å². The van der Waals surface area contributed by atoms with E-state index in [1.807, 2.05) is 0 Å².